The second kappa shape index (κ2) is 4.65. The summed E-state index contributed by atoms with van der Waals surface area (Å²) in [6.07, 6.45) is 4.52. The summed E-state index contributed by atoms with van der Waals surface area (Å²) in [7, 11) is 1.93. The largest absolute Gasteiger partial charge is 0.362 e. The van der Waals surface area contributed by atoms with Gasteiger partial charge in [-0.1, -0.05) is 23.7 Å². The van der Waals surface area contributed by atoms with Crippen LogP contribution in [-0.2, 0) is 7.05 Å². The summed E-state index contributed by atoms with van der Waals surface area (Å²) in [5.74, 6) is 1.65. The zero-order valence-corrected chi connectivity index (χ0v) is 11.1. The van der Waals surface area contributed by atoms with Crippen molar-refractivity contribution >= 4 is 17.4 Å². The number of nitrogens with one attached hydrogen (secondary N) is 1. The molecule has 2 aromatic rings. The van der Waals surface area contributed by atoms with Crippen LogP contribution in [0.25, 0.3) is 0 Å². The average molecular weight is 262 g/mol. The number of aryl methyl sites for hydroxylation is 1. The van der Waals surface area contributed by atoms with Gasteiger partial charge in [0.1, 0.15) is 5.82 Å². The molecule has 3 rings (SSSR count). The number of nitrogens with zero attached hydrogens (tertiary/aromatic N) is 2. The molecule has 0 radical (unpaired) electrons. The van der Waals surface area contributed by atoms with E-state index in [-0.39, 0.29) is 0 Å². The van der Waals surface area contributed by atoms with E-state index in [1.807, 2.05) is 36.1 Å². The molecule has 1 N–H and O–H groups in total. The highest BCUT2D eigenvalue weighted by molar-refractivity contribution is 6.30. The van der Waals surface area contributed by atoms with Crippen LogP contribution >= 0.6 is 11.6 Å². The van der Waals surface area contributed by atoms with Gasteiger partial charge in [-0.25, -0.2) is 0 Å². The highest BCUT2D eigenvalue weighted by atomic mass is 35.5. The number of anilines is 1. The third-order valence-corrected chi connectivity index (χ3v) is 3.59. The molecule has 0 aliphatic heterocycles. The maximum absolute atomic E-state index is 5.94. The van der Waals surface area contributed by atoms with Crippen molar-refractivity contribution in [3.05, 3.63) is 47.1 Å². The molecule has 4 heteroatoms. The molecule has 1 saturated carbocycles. The molecule has 1 aromatic carbocycles. The van der Waals surface area contributed by atoms with Crippen LogP contribution < -0.4 is 5.32 Å². The van der Waals surface area contributed by atoms with Gasteiger partial charge in [0.2, 0.25) is 0 Å². The Morgan fingerprint density at radius 1 is 1.28 bits per heavy atom. The molecule has 0 saturated heterocycles. The quantitative estimate of drug-likeness (QED) is 0.911. The average Bonchev–Trinajstić information content (AvgIpc) is 3.12. The minimum atomic E-state index is 0.345. The first-order chi connectivity index (χ1) is 8.72. The van der Waals surface area contributed by atoms with Crippen LogP contribution in [0.3, 0.4) is 0 Å². The van der Waals surface area contributed by atoms with Crippen LogP contribution in [0.4, 0.5) is 5.82 Å². The van der Waals surface area contributed by atoms with Gasteiger partial charge in [-0.3, -0.25) is 4.68 Å². The van der Waals surface area contributed by atoms with Gasteiger partial charge >= 0.3 is 0 Å². The van der Waals surface area contributed by atoms with Gasteiger partial charge in [0, 0.05) is 24.3 Å². The van der Waals surface area contributed by atoms with Crippen LogP contribution in [0.2, 0.25) is 5.02 Å². The first kappa shape index (κ1) is 11.6. The van der Waals surface area contributed by atoms with Crippen LogP contribution in [0.5, 0.6) is 0 Å². The maximum Gasteiger partial charge on any atom is 0.148 e. The number of halogens is 1. The summed E-state index contributed by atoms with van der Waals surface area (Å²) in [5, 5.41) is 8.69. The summed E-state index contributed by atoms with van der Waals surface area (Å²) in [4.78, 5) is 0. The molecular weight excluding hydrogens is 246 g/mol. The number of aromatic nitrogens is 2. The second-order valence-corrected chi connectivity index (χ2v) is 5.32. The van der Waals surface area contributed by atoms with Crippen LogP contribution in [0, 0.1) is 5.92 Å². The number of benzene rings is 1. The van der Waals surface area contributed by atoms with E-state index in [0.717, 1.165) is 10.8 Å². The molecule has 1 aliphatic rings. The van der Waals surface area contributed by atoms with E-state index in [2.05, 4.69) is 22.5 Å². The summed E-state index contributed by atoms with van der Waals surface area (Å²) >= 11 is 5.94. The third kappa shape index (κ3) is 2.51. The van der Waals surface area contributed by atoms with Crippen molar-refractivity contribution in [2.75, 3.05) is 5.32 Å². The molecule has 1 fully saturated rings. The number of hydrogen-bond acceptors (Lipinski definition) is 2. The standard InChI is InChI=1S/C14H16ClN3/c1-18-9-8-13(17-18)16-14(10-2-3-10)11-4-6-12(15)7-5-11/h4-10,14H,2-3H2,1H3,(H,16,17). The Labute approximate surface area is 112 Å². The Morgan fingerprint density at radius 2 is 2.00 bits per heavy atom. The van der Waals surface area contributed by atoms with E-state index < -0.39 is 0 Å². The predicted molar refractivity (Wildman–Crippen MR) is 73.7 cm³/mol. The predicted octanol–water partition coefficient (Wildman–Crippen LogP) is 3.64. The fraction of sp³-hybridized carbons (Fsp3) is 0.357. The van der Waals surface area contributed by atoms with Crippen molar-refractivity contribution in [2.24, 2.45) is 13.0 Å². The molecule has 0 amide bonds. The fourth-order valence-corrected chi connectivity index (χ4v) is 2.35. The lowest BCUT2D eigenvalue weighted by atomic mass is 10.0. The lowest BCUT2D eigenvalue weighted by molar-refractivity contribution is 0.669. The molecule has 94 valence electrons. The molecule has 1 unspecified atom stereocenters. The normalized spacial score (nSPS) is 16.6. The Kier molecular flexibility index (Phi) is 3.00. The minimum Gasteiger partial charge on any atom is -0.362 e. The molecule has 1 atom stereocenters. The van der Waals surface area contributed by atoms with Gasteiger partial charge < -0.3 is 5.32 Å². The molecular formula is C14H16ClN3. The van der Waals surface area contributed by atoms with Crippen molar-refractivity contribution < 1.29 is 0 Å². The third-order valence-electron chi connectivity index (χ3n) is 3.34. The van der Waals surface area contributed by atoms with E-state index in [4.69, 9.17) is 11.6 Å². The minimum absolute atomic E-state index is 0.345. The van der Waals surface area contributed by atoms with Crippen molar-refractivity contribution in [3.63, 3.8) is 0 Å². The summed E-state index contributed by atoms with van der Waals surface area (Å²) in [6, 6.07) is 10.4. The van der Waals surface area contributed by atoms with E-state index >= 15 is 0 Å². The Bertz CT molecular complexity index is 528. The lowest BCUT2D eigenvalue weighted by Gasteiger charge is -2.18. The van der Waals surface area contributed by atoms with Gasteiger partial charge in [-0.2, -0.15) is 5.10 Å². The Morgan fingerprint density at radius 3 is 2.56 bits per heavy atom. The maximum atomic E-state index is 5.94. The summed E-state index contributed by atoms with van der Waals surface area (Å²) in [6.45, 7) is 0. The highest BCUT2D eigenvalue weighted by Gasteiger charge is 2.32. The van der Waals surface area contributed by atoms with Crippen LogP contribution in [-0.4, -0.2) is 9.78 Å². The molecule has 3 nitrogen and oxygen atoms in total. The molecule has 0 bridgehead atoms. The van der Waals surface area contributed by atoms with Crippen molar-refractivity contribution in [1.29, 1.82) is 0 Å². The van der Waals surface area contributed by atoms with Gasteiger partial charge in [0.15, 0.2) is 0 Å². The molecule has 1 heterocycles. The van der Waals surface area contributed by atoms with E-state index in [9.17, 15) is 0 Å². The summed E-state index contributed by atoms with van der Waals surface area (Å²) < 4.78 is 1.81. The molecule has 1 aliphatic carbocycles. The van der Waals surface area contributed by atoms with Gasteiger partial charge in [0.25, 0.3) is 0 Å². The first-order valence-corrected chi connectivity index (χ1v) is 6.62. The zero-order valence-electron chi connectivity index (χ0n) is 10.3. The number of rotatable bonds is 4. The van der Waals surface area contributed by atoms with Crippen molar-refractivity contribution in [2.45, 2.75) is 18.9 Å². The smallest absolute Gasteiger partial charge is 0.148 e. The van der Waals surface area contributed by atoms with Crippen LogP contribution in [0.1, 0.15) is 24.4 Å². The van der Waals surface area contributed by atoms with Gasteiger partial charge in [-0.05, 0) is 36.5 Å². The highest BCUT2D eigenvalue weighted by Crippen LogP contribution is 2.42. The van der Waals surface area contributed by atoms with Gasteiger partial charge in [-0.15, -0.1) is 0 Å². The van der Waals surface area contributed by atoms with Crippen molar-refractivity contribution in [1.82, 2.24) is 9.78 Å². The Hall–Kier alpha value is -1.48. The van der Waals surface area contributed by atoms with Gasteiger partial charge in [0.05, 0.1) is 6.04 Å². The first-order valence-electron chi connectivity index (χ1n) is 6.24. The Balaban J connectivity index is 1.82. The van der Waals surface area contributed by atoms with E-state index in [1.54, 1.807) is 0 Å². The topological polar surface area (TPSA) is 29.9 Å². The molecule has 1 aromatic heterocycles. The van der Waals surface area contributed by atoms with Crippen LogP contribution in [0.15, 0.2) is 36.5 Å². The molecule has 18 heavy (non-hydrogen) atoms. The monoisotopic (exact) mass is 261 g/mol. The SMILES string of the molecule is Cn1ccc(NC(c2ccc(Cl)cc2)C2CC2)n1. The zero-order chi connectivity index (χ0) is 12.5. The number of hydrogen-bond donors (Lipinski definition) is 1. The van der Waals surface area contributed by atoms with E-state index in [0.29, 0.717) is 12.0 Å². The van der Waals surface area contributed by atoms with Crippen molar-refractivity contribution in [3.8, 4) is 0 Å². The van der Waals surface area contributed by atoms with E-state index in [1.165, 1.54) is 18.4 Å². The molecule has 0 spiro atoms. The lowest BCUT2D eigenvalue weighted by Crippen LogP contribution is -2.13. The fourth-order valence-electron chi connectivity index (χ4n) is 2.22. The second-order valence-electron chi connectivity index (χ2n) is 4.89. The summed E-state index contributed by atoms with van der Waals surface area (Å²) in [5.41, 5.74) is 1.28.